The van der Waals surface area contributed by atoms with E-state index in [-0.39, 0.29) is 56.0 Å². The number of aromatic nitrogens is 1. The number of halogens is 1. The van der Waals surface area contributed by atoms with Gasteiger partial charge in [0.1, 0.15) is 23.8 Å². The molecule has 1 aliphatic rings. The van der Waals surface area contributed by atoms with Gasteiger partial charge in [-0.15, -0.1) is 5.54 Å². The minimum absolute atomic E-state index is 0. The van der Waals surface area contributed by atoms with Crippen LogP contribution in [0.5, 0.6) is 5.75 Å². The summed E-state index contributed by atoms with van der Waals surface area (Å²) in [6, 6.07) is 17.1. The zero-order valence-electron chi connectivity index (χ0n) is 19.6. The number of nitrogens with one attached hydrogen (secondary N) is 1. The molecule has 3 aromatic rings. The molecule has 2 heterocycles. The first-order chi connectivity index (χ1) is 15.8. The predicted molar refractivity (Wildman–Crippen MR) is 128 cm³/mol. The molecule has 6 nitrogen and oxygen atoms in total. The van der Waals surface area contributed by atoms with Crippen molar-refractivity contribution in [3.63, 3.8) is 0 Å². The molecule has 1 N–H and O–H groups in total. The van der Waals surface area contributed by atoms with Gasteiger partial charge in [0.15, 0.2) is 0 Å². The molecule has 4 rings (SSSR count). The fourth-order valence-electron chi connectivity index (χ4n) is 4.10. The fourth-order valence-corrected chi connectivity index (χ4v) is 4.23. The number of nitrogens with zero attached hydrogens (tertiary/aromatic N) is 2. The van der Waals surface area contributed by atoms with E-state index < -0.39 is 5.54 Å². The number of likely N-dealkylation sites (tertiary alicyclic amines) is 1. The van der Waals surface area contributed by atoms with Gasteiger partial charge in [0, 0.05) is 61.7 Å². The average molecular weight is 694 g/mol. The van der Waals surface area contributed by atoms with Crippen molar-refractivity contribution in [2.75, 3.05) is 6.54 Å². The van der Waals surface area contributed by atoms with Crippen LogP contribution in [0.1, 0.15) is 55.3 Å². The number of ether oxygens (including phenoxy) is 1. The topological polar surface area (TPSA) is 79.4 Å². The van der Waals surface area contributed by atoms with Crippen molar-refractivity contribution < 1.29 is 58.1 Å². The molecular formula is C26H29AcClN3O3-. The summed E-state index contributed by atoms with van der Waals surface area (Å²) in [5.74, 6) is 1.53. The fraction of sp³-hybridized carbons (Fsp3) is 0.385. The number of carbonyl (C=O) groups excluding carboxylic acids is 1. The molecule has 0 saturated carbocycles. The minimum Gasteiger partial charge on any atom is -0.672 e. The van der Waals surface area contributed by atoms with Gasteiger partial charge in [-0.2, -0.15) is 0 Å². The van der Waals surface area contributed by atoms with Crippen LogP contribution in [-0.2, 0) is 24.2 Å². The Hall–Kier alpha value is -1.39. The molecule has 1 amide bonds. The van der Waals surface area contributed by atoms with Crippen LogP contribution >= 0.6 is 11.6 Å². The van der Waals surface area contributed by atoms with Gasteiger partial charge in [0.2, 0.25) is 5.91 Å². The summed E-state index contributed by atoms with van der Waals surface area (Å²) >= 11 is 5.92. The van der Waals surface area contributed by atoms with Crippen molar-refractivity contribution >= 4 is 17.5 Å². The molecule has 0 bridgehead atoms. The second-order valence-corrected chi connectivity index (χ2v) is 9.70. The maximum absolute atomic E-state index is 13.1. The summed E-state index contributed by atoms with van der Waals surface area (Å²) in [7, 11) is 0. The molecule has 1 aliphatic heterocycles. The monoisotopic (exact) mass is 693 g/mol. The van der Waals surface area contributed by atoms with E-state index in [1.807, 2.05) is 73.3 Å². The van der Waals surface area contributed by atoms with Crippen LogP contribution in [0.4, 0.5) is 0 Å². The average Bonchev–Trinajstić information content (AvgIpc) is 3.42. The molecule has 0 spiro atoms. The molecule has 1 aromatic heterocycles. The van der Waals surface area contributed by atoms with E-state index in [4.69, 9.17) is 26.6 Å². The number of hydrogen-bond donors (Lipinski definition) is 0. The first-order valence-electron chi connectivity index (χ1n) is 11.2. The predicted octanol–water partition coefficient (Wildman–Crippen LogP) is 6.19. The van der Waals surface area contributed by atoms with E-state index in [0.29, 0.717) is 30.2 Å². The summed E-state index contributed by atoms with van der Waals surface area (Å²) in [4.78, 5) is 15.0. The van der Waals surface area contributed by atoms with Crippen LogP contribution in [-0.4, -0.2) is 28.0 Å². The summed E-state index contributed by atoms with van der Waals surface area (Å²) in [6.45, 7) is 4.86. The molecule has 8 heteroatoms. The maximum atomic E-state index is 13.1. The Balaban J connectivity index is 0.00000324. The number of amides is 1. The maximum Gasteiger partial charge on any atom is 0.227 e. The molecule has 1 radical (unpaired) electrons. The number of carbonyl (C=O) groups is 1. The van der Waals surface area contributed by atoms with Crippen molar-refractivity contribution in [1.82, 2.24) is 10.1 Å². The van der Waals surface area contributed by atoms with Crippen LogP contribution in [0, 0.1) is 44.1 Å². The van der Waals surface area contributed by atoms with Gasteiger partial charge in [0.05, 0.1) is 12.5 Å². The Morgan fingerprint density at radius 3 is 2.53 bits per heavy atom. The second kappa shape index (κ2) is 12.0. The zero-order chi connectivity index (χ0) is 23.4. The van der Waals surface area contributed by atoms with E-state index >= 15 is 0 Å². The minimum atomic E-state index is -0.618. The van der Waals surface area contributed by atoms with E-state index in [2.05, 4.69) is 5.16 Å². The van der Waals surface area contributed by atoms with Gasteiger partial charge in [-0.1, -0.05) is 54.9 Å². The first kappa shape index (κ1) is 27.2. The molecule has 1 atom stereocenters. The Kier molecular flexibility index (Phi) is 9.63. The molecule has 177 valence electrons. The smallest absolute Gasteiger partial charge is 0.227 e. The van der Waals surface area contributed by atoms with Crippen molar-refractivity contribution in [3.05, 3.63) is 87.9 Å². The number of rotatable bonds is 8. The van der Waals surface area contributed by atoms with E-state index in [1.165, 1.54) is 0 Å². The zero-order valence-corrected chi connectivity index (χ0v) is 25.1. The Labute approximate surface area is 241 Å². The molecule has 34 heavy (non-hydrogen) atoms. The van der Waals surface area contributed by atoms with Gasteiger partial charge in [-0.3, -0.25) is 4.79 Å². The van der Waals surface area contributed by atoms with Crippen molar-refractivity contribution in [2.45, 2.75) is 57.7 Å². The summed E-state index contributed by atoms with van der Waals surface area (Å²) in [6.07, 6.45) is 2.64. The Bertz CT molecular complexity index is 1080. The van der Waals surface area contributed by atoms with Crippen molar-refractivity contribution in [2.24, 2.45) is 0 Å². The van der Waals surface area contributed by atoms with Crippen LogP contribution in [0.3, 0.4) is 0 Å². The van der Waals surface area contributed by atoms with Gasteiger partial charge in [-0.05, 0) is 54.7 Å². The van der Waals surface area contributed by atoms with Gasteiger partial charge in [-0.25, -0.2) is 0 Å². The Morgan fingerprint density at radius 2 is 1.85 bits per heavy atom. The molecule has 2 aromatic carbocycles. The van der Waals surface area contributed by atoms with Crippen LogP contribution < -0.4 is 4.74 Å². The van der Waals surface area contributed by atoms with Crippen molar-refractivity contribution in [3.8, 4) is 5.75 Å². The normalized spacial score (nSPS) is 15.8. The third kappa shape index (κ3) is 7.55. The standard InChI is InChI=1S/C26H29ClN3O3.Ac/c1-26(2,28)16-22-15-23(29-33-22)24-4-3-13-30(24)25(31)14-18-7-11-21(12-8-18)32-17-19-5-9-20(27)10-6-19;/h5-12,15,24,28H,3-4,13-14,16-17H2,1-2H3;/q-1;. The third-order valence-electron chi connectivity index (χ3n) is 5.71. The first-order valence-corrected chi connectivity index (χ1v) is 11.6. The van der Waals surface area contributed by atoms with Gasteiger partial charge in [0.25, 0.3) is 0 Å². The molecule has 1 fully saturated rings. The van der Waals surface area contributed by atoms with Crippen LogP contribution in [0.15, 0.2) is 59.1 Å². The molecule has 1 unspecified atom stereocenters. The van der Waals surface area contributed by atoms with Crippen molar-refractivity contribution in [1.29, 1.82) is 0 Å². The van der Waals surface area contributed by atoms with E-state index in [0.717, 1.165) is 42.0 Å². The number of benzene rings is 2. The number of hydrogen-bond acceptors (Lipinski definition) is 4. The Morgan fingerprint density at radius 1 is 1.18 bits per heavy atom. The van der Waals surface area contributed by atoms with Gasteiger partial charge >= 0.3 is 0 Å². The molecular weight excluding hydrogens is 665 g/mol. The van der Waals surface area contributed by atoms with E-state index in [1.54, 1.807) is 0 Å². The van der Waals surface area contributed by atoms with Gasteiger partial charge < -0.3 is 19.9 Å². The summed E-state index contributed by atoms with van der Waals surface area (Å²) in [5.41, 5.74) is 10.2. The largest absolute Gasteiger partial charge is 0.672 e. The SMILES string of the molecule is CC(C)([NH-])Cc1cc(C2CCCN2C(=O)Cc2ccc(OCc3ccc(Cl)cc3)cc2)no1.[Ac]. The second-order valence-electron chi connectivity index (χ2n) is 9.26. The van der Waals surface area contributed by atoms with Crippen LogP contribution in [0.25, 0.3) is 5.73 Å². The van der Waals surface area contributed by atoms with Crippen LogP contribution in [0.2, 0.25) is 5.02 Å². The summed E-state index contributed by atoms with van der Waals surface area (Å²) < 4.78 is 11.3. The summed E-state index contributed by atoms with van der Waals surface area (Å²) in [5, 5.41) is 4.91. The third-order valence-corrected chi connectivity index (χ3v) is 5.96. The molecule has 1 saturated heterocycles. The van der Waals surface area contributed by atoms with E-state index in [9.17, 15) is 4.79 Å². The quantitative estimate of drug-likeness (QED) is 0.282. The molecule has 0 aliphatic carbocycles.